The van der Waals surface area contributed by atoms with Gasteiger partial charge in [-0.15, -0.1) is 0 Å². The van der Waals surface area contributed by atoms with E-state index in [1.165, 1.54) is 0 Å². The molecular weight excluding hydrogens is 188 g/mol. The van der Waals surface area contributed by atoms with Crippen molar-refractivity contribution in [2.24, 2.45) is 11.7 Å². The Morgan fingerprint density at radius 1 is 1.62 bits per heavy atom. The molecule has 0 aromatic carbocycles. The lowest BCUT2D eigenvalue weighted by Crippen LogP contribution is -2.25. The van der Waals surface area contributed by atoms with Gasteiger partial charge in [-0.1, -0.05) is 11.1 Å². The van der Waals surface area contributed by atoms with E-state index in [4.69, 9.17) is 5.73 Å². The molecule has 1 aliphatic rings. The molecule has 0 aromatic rings. The fraction of sp³-hybridized carbons (Fsp3) is 1.00. The standard InChI is InChI=1S/C8H18N2O2S/c9-6-8-2-4-10(7-8)3-1-5-13(11)12/h8H,1-7,9H2,(H,11,12)/p-1. The van der Waals surface area contributed by atoms with Crippen LogP contribution in [0.4, 0.5) is 0 Å². The highest BCUT2D eigenvalue weighted by molar-refractivity contribution is 7.79. The minimum absolute atomic E-state index is 0.282. The van der Waals surface area contributed by atoms with E-state index >= 15 is 0 Å². The lowest BCUT2D eigenvalue weighted by atomic mass is 10.1. The molecular formula is C8H17N2O2S-. The molecule has 1 aliphatic heterocycles. The topological polar surface area (TPSA) is 69.4 Å². The summed E-state index contributed by atoms with van der Waals surface area (Å²) in [5, 5.41) is 0. The van der Waals surface area contributed by atoms with Gasteiger partial charge in [0.15, 0.2) is 0 Å². The predicted molar refractivity (Wildman–Crippen MR) is 52.0 cm³/mol. The number of likely N-dealkylation sites (tertiary alicyclic amines) is 1. The summed E-state index contributed by atoms with van der Waals surface area (Å²) in [6.45, 7) is 3.77. The molecule has 0 aromatic heterocycles. The van der Waals surface area contributed by atoms with E-state index in [-0.39, 0.29) is 5.75 Å². The molecule has 0 aliphatic carbocycles. The monoisotopic (exact) mass is 205 g/mol. The Bertz CT molecular complexity index is 178. The maximum Gasteiger partial charge on any atom is 0.0114 e. The maximum absolute atomic E-state index is 10.3. The van der Waals surface area contributed by atoms with Gasteiger partial charge in [-0.05, 0) is 38.4 Å². The zero-order chi connectivity index (χ0) is 9.68. The van der Waals surface area contributed by atoms with Crippen molar-refractivity contribution in [2.75, 3.05) is 31.9 Å². The second-order valence-electron chi connectivity index (χ2n) is 3.55. The molecule has 2 unspecified atom stereocenters. The van der Waals surface area contributed by atoms with E-state index < -0.39 is 11.1 Å². The predicted octanol–water partition coefficient (Wildman–Crippen LogP) is -0.464. The van der Waals surface area contributed by atoms with Crippen LogP contribution in [0.1, 0.15) is 12.8 Å². The van der Waals surface area contributed by atoms with Gasteiger partial charge in [0.25, 0.3) is 0 Å². The first kappa shape index (κ1) is 11.1. The van der Waals surface area contributed by atoms with E-state index in [9.17, 15) is 8.76 Å². The summed E-state index contributed by atoms with van der Waals surface area (Å²) in [7, 11) is 0. The highest BCUT2D eigenvalue weighted by atomic mass is 32.2. The summed E-state index contributed by atoms with van der Waals surface area (Å²) in [6.07, 6.45) is 1.91. The van der Waals surface area contributed by atoms with Gasteiger partial charge >= 0.3 is 0 Å². The Hall–Kier alpha value is 0.0300. The molecule has 1 rings (SSSR count). The Kier molecular flexibility index (Phi) is 4.87. The Labute approximate surface area is 81.8 Å². The van der Waals surface area contributed by atoms with E-state index in [0.29, 0.717) is 5.92 Å². The van der Waals surface area contributed by atoms with Gasteiger partial charge in [0, 0.05) is 12.3 Å². The van der Waals surface area contributed by atoms with Gasteiger partial charge in [0.1, 0.15) is 0 Å². The third-order valence-corrected chi connectivity index (χ3v) is 3.11. The normalized spacial score (nSPS) is 26.5. The summed E-state index contributed by atoms with van der Waals surface area (Å²) in [5.41, 5.74) is 5.55. The van der Waals surface area contributed by atoms with Gasteiger partial charge in [0.2, 0.25) is 0 Å². The third kappa shape index (κ3) is 4.17. The van der Waals surface area contributed by atoms with Crippen molar-refractivity contribution in [1.29, 1.82) is 0 Å². The molecule has 0 saturated carbocycles. The summed E-state index contributed by atoms with van der Waals surface area (Å²) in [5.74, 6) is 0.904. The molecule has 2 atom stereocenters. The average molecular weight is 205 g/mol. The number of rotatable bonds is 5. The SMILES string of the molecule is NCC1CCN(CCCS(=O)[O-])C1. The van der Waals surface area contributed by atoms with Crippen LogP contribution >= 0.6 is 0 Å². The van der Waals surface area contributed by atoms with Gasteiger partial charge in [-0.25, -0.2) is 0 Å². The van der Waals surface area contributed by atoms with Gasteiger partial charge in [0.05, 0.1) is 0 Å². The lowest BCUT2D eigenvalue weighted by molar-refractivity contribution is 0.326. The first-order valence-corrected chi connectivity index (χ1v) is 5.95. The molecule has 4 nitrogen and oxygen atoms in total. The smallest absolute Gasteiger partial charge is 0.0114 e. The van der Waals surface area contributed by atoms with Gasteiger partial charge in [-0.3, -0.25) is 4.21 Å². The van der Waals surface area contributed by atoms with Crippen molar-refractivity contribution in [2.45, 2.75) is 12.8 Å². The molecule has 0 amide bonds. The van der Waals surface area contributed by atoms with Crippen molar-refractivity contribution in [3.05, 3.63) is 0 Å². The van der Waals surface area contributed by atoms with E-state index in [1.54, 1.807) is 0 Å². The van der Waals surface area contributed by atoms with Crippen LogP contribution in [0.3, 0.4) is 0 Å². The van der Waals surface area contributed by atoms with Crippen LogP contribution in [0, 0.1) is 5.92 Å². The van der Waals surface area contributed by atoms with Crippen LogP contribution in [0.15, 0.2) is 0 Å². The summed E-state index contributed by atoms with van der Waals surface area (Å²) < 4.78 is 20.5. The number of hydrogen-bond donors (Lipinski definition) is 1. The van der Waals surface area contributed by atoms with Crippen molar-refractivity contribution in [3.8, 4) is 0 Å². The molecule has 0 spiro atoms. The number of nitrogens with two attached hydrogens (primary N) is 1. The third-order valence-electron chi connectivity index (χ3n) is 2.49. The fourth-order valence-electron chi connectivity index (χ4n) is 1.71. The highest BCUT2D eigenvalue weighted by Crippen LogP contribution is 2.14. The minimum Gasteiger partial charge on any atom is -0.772 e. The van der Waals surface area contributed by atoms with Crippen LogP contribution in [-0.2, 0) is 11.1 Å². The zero-order valence-corrected chi connectivity index (χ0v) is 8.59. The Morgan fingerprint density at radius 3 is 2.92 bits per heavy atom. The average Bonchev–Trinajstić information content (AvgIpc) is 2.52. The maximum atomic E-state index is 10.3. The van der Waals surface area contributed by atoms with Crippen molar-refractivity contribution in [1.82, 2.24) is 4.90 Å². The second-order valence-corrected chi connectivity index (χ2v) is 4.57. The quantitative estimate of drug-likeness (QED) is 0.616. The second kappa shape index (κ2) is 5.70. The highest BCUT2D eigenvalue weighted by Gasteiger charge is 2.19. The molecule has 78 valence electrons. The van der Waals surface area contributed by atoms with Crippen LogP contribution in [0.5, 0.6) is 0 Å². The molecule has 5 heteroatoms. The molecule has 1 saturated heterocycles. The number of nitrogens with zero attached hydrogens (tertiary/aromatic N) is 1. The van der Waals surface area contributed by atoms with Crippen LogP contribution in [0.2, 0.25) is 0 Å². The molecule has 13 heavy (non-hydrogen) atoms. The molecule has 2 N–H and O–H groups in total. The van der Waals surface area contributed by atoms with Crippen molar-refractivity contribution < 1.29 is 8.76 Å². The van der Waals surface area contributed by atoms with E-state index in [2.05, 4.69) is 4.90 Å². The van der Waals surface area contributed by atoms with Gasteiger partial charge in [-0.2, -0.15) is 0 Å². The van der Waals surface area contributed by atoms with Crippen molar-refractivity contribution >= 4 is 11.1 Å². The van der Waals surface area contributed by atoms with Crippen LogP contribution in [-0.4, -0.2) is 45.6 Å². The summed E-state index contributed by atoms with van der Waals surface area (Å²) in [4.78, 5) is 2.30. The van der Waals surface area contributed by atoms with Crippen LogP contribution in [0.25, 0.3) is 0 Å². The molecule has 1 heterocycles. The first-order valence-electron chi connectivity index (χ1n) is 4.70. The molecule has 0 radical (unpaired) electrons. The molecule has 1 fully saturated rings. The van der Waals surface area contributed by atoms with E-state index in [0.717, 1.165) is 39.0 Å². The Morgan fingerprint density at radius 2 is 2.38 bits per heavy atom. The van der Waals surface area contributed by atoms with Crippen molar-refractivity contribution in [3.63, 3.8) is 0 Å². The molecule has 0 bridgehead atoms. The van der Waals surface area contributed by atoms with E-state index in [1.807, 2.05) is 0 Å². The first-order chi connectivity index (χ1) is 6.22. The number of hydrogen-bond acceptors (Lipinski definition) is 4. The largest absolute Gasteiger partial charge is 0.772 e. The van der Waals surface area contributed by atoms with Crippen LogP contribution < -0.4 is 5.73 Å². The fourth-order valence-corrected chi connectivity index (χ4v) is 2.08. The minimum atomic E-state index is -1.88. The Balaban J connectivity index is 2.07. The van der Waals surface area contributed by atoms with Gasteiger partial charge < -0.3 is 15.2 Å². The zero-order valence-electron chi connectivity index (χ0n) is 7.78. The summed E-state index contributed by atoms with van der Waals surface area (Å²) in [6, 6.07) is 0. The lowest BCUT2D eigenvalue weighted by Gasteiger charge is -2.15. The summed E-state index contributed by atoms with van der Waals surface area (Å²) >= 11 is -1.88.